The van der Waals surface area contributed by atoms with Crippen molar-refractivity contribution in [2.24, 2.45) is 7.05 Å². The van der Waals surface area contributed by atoms with Gasteiger partial charge in [0.1, 0.15) is 5.75 Å². The molecule has 0 unspecified atom stereocenters. The van der Waals surface area contributed by atoms with E-state index < -0.39 is 23.4 Å². The third-order valence-electron chi connectivity index (χ3n) is 4.71. The van der Waals surface area contributed by atoms with Gasteiger partial charge in [-0.3, -0.25) is 13.9 Å². The molecule has 0 aliphatic heterocycles. The lowest BCUT2D eigenvalue weighted by atomic mass is 10.2. The number of hydrogen-bond donors (Lipinski definition) is 2. The van der Waals surface area contributed by atoms with E-state index in [0.717, 1.165) is 16.7 Å². The quantitative estimate of drug-likeness (QED) is 0.423. The van der Waals surface area contributed by atoms with Crippen LogP contribution in [0.4, 0.5) is 24.8 Å². The summed E-state index contributed by atoms with van der Waals surface area (Å²) in [6, 6.07) is 11.7. The molecular weight excluding hydrogens is 467 g/mol. The Bertz CT molecular complexity index is 1460. The van der Waals surface area contributed by atoms with Crippen molar-refractivity contribution in [1.29, 1.82) is 0 Å². The summed E-state index contributed by atoms with van der Waals surface area (Å²) in [5, 5.41) is 13.3. The third kappa shape index (κ3) is 4.51. The van der Waals surface area contributed by atoms with Crippen molar-refractivity contribution in [3.8, 4) is 5.75 Å². The van der Waals surface area contributed by atoms with Crippen molar-refractivity contribution < 1.29 is 23.1 Å². The van der Waals surface area contributed by atoms with E-state index in [1.807, 2.05) is 0 Å². The zero-order chi connectivity index (χ0) is 23.9. The van der Waals surface area contributed by atoms with Crippen LogP contribution < -0.4 is 21.3 Å². The van der Waals surface area contributed by atoms with Gasteiger partial charge in [0.05, 0.1) is 6.54 Å². The largest absolute Gasteiger partial charge is 0.573 e. The van der Waals surface area contributed by atoms with E-state index in [1.54, 1.807) is 24.3 Å². The molecule has 4 aromatic rings. The summed E-state index contributed by atoms with van der Waals surface area (Å²) in [5.74, 6) is -0.416. The molecule has 0 fully saturated rings. The van der Waals surface area contributed by atoms with Gasteiger partial charge in [0.25, 0.3) is 0 Å². The number of ether oxygens (including phenoxy) is 1. The van der Waals surface area contributed by atoms with Crippen LogP contribution in [0.15, 0.2) is 58.1 Å². The Kier molecular flexibility index (Phi) is 5.54. The number of aryl methyl sites for hydroxylation is 1. The van der Waals surface area contributed by atoms with E-state index in [1.165, 1.54) is 23.7 Å². The topological polar surface area (TPSA) is 103 Å². The van der Waals surface area contributed by atoms with Crippen LogP contribution in [0.2, 0.25) is 5.02 Å². The van der Waals surface area contributed by atoms with Crippen LogP contribution in [0, 0.1) is 0 Å². The second-order valence-electron chi connectivity index (χ2n) is 6.98. The predicted octanol–water partition coefficient (Wildman–Crippen LogP) is 3.48. The first kappa shape index (κ1) is 22.3. The number of benzene rings is 2. The zero-order valence-corrected chi connectivity index (χ0v) is 17.6. The van der Waals surface area contributed by atoms with Crippen LogP contribution in [0.25, 0.3) is 11.2 Å². The van der Waals surface area contributed by atoms with Gasteiger partial charge in [0.2, 0.25) is 5.95 Å². The highest BCUT2D eigenvalue weighted by molar-refractivity contribution is 6.30. The highest BCUT2D eigenvalue weighted by Gasteiger charge is 2.31. The number of imidazole rings is 1. The van der Waals surface area contributed by atoms with Gasteiger partial charge in [0, 0.05) is 23.8 Å². The summed E-state index contributed by atoms with van der Waals surface area (Å²) in [4.78, 5) is 29.1. The molecule has 0 bridgehead atoms. The molecule has 0 saturated heterocycles. The molecule has 13 heteroatoms. The van der Waals surface area contributed by atoms with Crippen molar-refractivity contribution in [2.45, 2.75) is 12.9 Å². The first-order valence-electron chi connectivity index (χ1n) is 9.32. The number of hydrogen-bond acceptors (Lipinski definition) is 6. The lowest BCUT2D eigenvalue weighted by Gasteiger charge is -2.13. The van der Waals surface area contributed by atoms with Gasteiger partial charge >= 0.3 is 17.6 Å². The Balaban J connectivity index is 1.85. The summed E-state index contributed by atoms with van der Waals surface area (Å²) in [7, 11) is 1.32. The molecule has 4 rings (SSSR count). The Morgan fingerprint density at radius 3 is 2.52 bits per heavy atom. The van der Waals surface area contributed by atoms with E-state index >= 15 is 0 Å². The summed E-state index contributed by atoms with van der Waals surface area (Å²) in [5.41, 5.74) is -1.26. The number of anilines is 2. The Morgan fingerprint density at radius 2 is 1.85 bits per heavy atom. The Morgan fingerprint density at radius 1 is 1.15 bits per heavy atom. The van der Waals surface area contributed by atoms with Crippen molar-refractivity contribution in [2.75, 3.05) is 5.32 Å². The van der Waals surface area contributed by atoms with Crippen molar-refractivity contribution >= 4 is 34.4 Å². The highest BCUT2D eigenvalue weighted by atomic mass is 35.5. The average molecular weight is 482 g/mol. The minimum atomic E-state index is -4.87. The first-order chi connectivity index (χ1) is 15.5. The molecule has 33 heavy (non-hydrogen) atoms. The number of rotatable bonds is 5. The number of nitrogens with zero attached hydrogens (tertiary/aromatic N) is 4. The second kappa shape index (κ2) is 8.20. The van der Waals surface area contributed by atoms with Crippen molar-refractivity contribution in [3.63, 3.8) is 0 Å². The number of alkyl halides is 3. The highest BCUT2D eigenvalue weighted by Crippen LogP contribution is 2.28. The number of aromatic nitrogens is 4. The predicted molar refractivity (Wildman–Crippen MR) is 113 cm³/mol. The molecule has 0 spiro atoms. The molecular formula is C20H15ClF3N5O4. The standard InChI is InChI=1S/C20H15ClF3N5O4/c1-27-16-15(17(30)29(32)19(27)31)28(10-11-5-7-12(21)8-6-11)18(26-16)25-13-3-2-4-14(9-13)33-20(22,23)24/h2-9,32H,10H2,1H3,(H,25,26). The molecule has 2 heterocycles. The van der Waals surface area contributed by atoms with E-state index in [0.29, 0.717) is 10.6 Å². The molecule has 0 radical (unpaired) electrons. The molecule has 2 aromatic carbocycles. The number of halogens is 4. The molecule has 0 atom stereocenters. The van der Waals surface area contributed by atoms with Gasteiger partial charge in [-0.1, -0.05) is 34.5 Å². The summed E-state index contributed by atoms with van der Waals surface area (Å²) in [6.07, 6.45) is -4.87. The maximum atomic E-state index is 12.7. The normalized spacial score (nSPS) is 11.7. The van der Waals surface area contributed by atoms with Crippen LogP contribution in [0.5, 0.6) is 5.75 Å². The fourth-order valence-electron chi connectivity index (χ4n) is 3.23. The molecule has 172 valence electrons. The molecule has 0 saturated carbocycles. The Hall–Kier alpha value is -3.93. The van der Waals surface area contributed by atoms with Crippen LogP contribution in [-0.4, -0.2) is 30.4 Å². The van der Waals surface area contributed by atoms with Crippen LogP contribution in [0.1, 0.15) is 5.56 Å². The SMILES string of the molecule is Cn1c(=O)n(O)c(=O)c2c1nc(Nc1cccc(OC(F)(F)F)c1)n2Cc1ccc(Cl)cc1. The monoisotopic (exact) mass is 481 g/mol. The second-order valence-corrected chi connectivity index (χ2v) is 7.42. The maximum absolute atomic E-state index is 12.7. The zero-order valence-electron chi connectivity index (χ0n) is 16.8. The van der Waals surface area contributed by atoms with Crippen LogP contribution in [-0.2, 0) is 13.6 Å². The van der Waals surface area contributed by atoms with Gasteiger partial charge in [0.15, 0.2) is 11.2 Å². The van der Waals surface area contributed by atoms with E-state index in [-0.39, 0.29) is 34.1 Å². The molecule has 0 aliphatic rings. The third-order valence-corrected chi connectivity index (χ3v) is 4.96. The van der Waals surface area contributed by atoms with Crippen LogP contribution in [0.3, 0.4) is 0 Å². The molecule has 0 aliphatic carbocycles. The lowest BCUT2D eigenvalue weighted by Crippen LogP contribution is -2.38. The Labute approximate surface area is 187 Å². The summed E-state index contributed by atoms with van der Waals surface area (Å²) < 4.78 is 44.0. The van der Waals surface area contributed by atoms with Gasteiger partial charge in [-0.2, -0.15) is 4.98 Å². The number of nitrogens with one attached hydrogen (secondary N) is 1. The maximum Gasteiger partial charge on any atom is 0.573 e. The van der Waals surface area contributed by atoms with Crippen LogP contribution >= 0.6 is 11.6 Å². The molecule has 2 N–H and O–H groups in total. The fraction of sp³-hybridized carbons (Fsp3) is 0.150. The first-order valence-corrected chi connectivity index (χ1v) is 9.70. The lowest BCUT2D eigenvalue weighted by molar-refractivity contribution is -0.274. The summed E-state index contributed by atoms with van der Waals surface area (Å²) >= 11 is 5.92. The summed E-state index contributed by atoms with van der Waals surface area (Å²) in [6.45, 7) is 0.0716. The van der Waals surface area contributed by atoms with Gasteiger partial charge < -0.3 is 15.3 Å². The van der Waals surface area contributed by atoms with Crippen molar-refractivity contribution in [3.05, 3.63) is 80.0 Å². The van der Waals surface area contributed by atoms with E-state index in [4.69, 9.17) is 11.6 Å². The molecule has 0 amide bonds. The number of fused-ring (bicyclic) bond motifs is 1. The minimum Gasteiger partial charge on any atom is -0.421 e. The minimum absolute atomic E-state index is 0.0329. The van der Waals surface area contributed by atoms with E-state index in [2.05, 4.69) is 15.0 Å². The fourth-order valence-corrected chi connectivity index (χ4v) is 3.35. The van der Waals surface area contributed by atoms with Gasteiger partial charge in [-0.25, -0.2) is 4.79 Å². The van der Waals surface area contributed by atoms with Gasteiger partial charge in [-0.15, -0.1) is 13.2 Å². The smallest absolute Gasteiger partial charge is 0.421 e. The average Bonchev–Trinajstić information content (AvgIpc) is 3.09. The van der Waals surface area contributed by atoms with Crippen molar-refractivity contribution in [1.82, 2.24) is 18.8 Å². The van der Waals surface area contributed by atoms with E-state index in [9.17, 15) is 28.0 Å². The van der Waals surface area contributed by atoms with Gasteiger partial charge in [-0.05, 0) is 29.8 Å². The molecule has 2 aromatic heterocycles. The molecule has 9 nitrogen and oxygen atoms in total.